The van der Waals surface area contributed by atoms with Gasteiger partial charge < -0.3 is 19.5 Å². The van der Waals surface area contributed by atoms with Gasteiger partial charge in [0, 0.05) is 20.2 Å². The summed E-state index contributed by atoms with van der Waals surface area (Å²) in [4.78, 5) is 14.4. The van der Waals surface area contributed by atoms with Crippen molar-refractivity contribution >= 4 is 5.91 Å². The van der Waals surface area contributed by atoms with E-state index < -0.39 is 5.60 Å². The Balaban J connectivity index is 1.96. The first-order valence-electron chi connectivity index (χ1n) is 8.00. The first-order chi connectivity index (χ1) is 9.84. The normalized spacial score (nSPS) is 28.4. The molecule has 1 amide bonds. The molecule has 1 saturated carbocycles. The highest BCUT2D eigenvalue weighted by atomic mass is 16.5. The summed E-state index contributed by atoms with van der Waals surface area (Å²) in [6, 6.07) is 0. The number of carbonyl (C=O) groups is 1. The fraction of sp³-hybridized carbons (Fsp3) is 0.938. The van der Waals surface area contributed by atoms with E-state index in [4.69, 9.17) is 9.47 Å². The molecule has 1 aliphatic carbocycles. The average molecular weight is 299 g/mol. The Hall–Kier alpha value is -0.650. The highest BCUT2D eigenvalue weighted by molar-refractivity contribution is 5.77. The van der Waals surface area contributed by atoms with E-state index in [9.17, 15) is 9.90 Å². The zero-order valence-electron chi connectivity index (χ0n) is 13.6. The monoisotopic (exact) mass is 299 g/mol. The van der Waals surface area contributed by atoms with E-state index in [1.165, 1.54) is 0 Å². The molecule has 2 fully saturated rings. The quantitative estimate of drug-likeness (QED) is 0.859. The number of amides is 1. The molecular formula is C16H29NO4. The van der Waals surface area contributed by atoms with E-state index >= 15 is 0 Å². The van der Waals surface area contributed by atoms with Gasteiger partial charge in [-0.3, -0.25) is 4.79 Å². The highest BCUT2D eigenvalue weighted by Crippen LogP contribution is 2.32. The number of rotatable bonds is 4. The molecular weight excluding hydrogens is 270 g/mol. The van der Waals surface area contributed by atoms with Crippen molar-refractivity contribution in [3.05, 3.63) is 0 Å². The maximum Gasteiger partial charge on any atom is 0.225 e. The molecule has 2 aliphatic rings. The molecule has 122 valence electrons. The average Bonchev–Trinajstić information content (AvgIpc) is 2.37. The van der Waals surface area contributed by atoms with Crippen LogP contribution in [0.5, 0.6) is 0 Å². The van der Waals surface area contributed by atoms with Gasteiger partial charge in [-0.2, -0.15) is 0 Å². The molecule has 0 unspecified atom stereocenters. The topological polar surface area (TPSA) is 59.0 Å². The van der Waals surface area contributed by atoms with Crippen molar-refractivity contribution in [2.45, 2.75) is 69.7 Å². The molecule has 0 aromatic rings. The predicted octanol–water partition coefficient (Wildman–Crippen LogP) is 1.72. The predicted molar refractivity (Wildman–Crippen MR) is 80.1 cm³/mol. The van der Waals surface area contributed by atoms with Gasteiger partial charge in [0.25, 0.3) is 0 Å². The molecule has 1 aliphatic heterocycles. The third kappa shape index (κ3) is 4.66. The molecule has 2 rings (SSSR count). The maximum absolute atomic E-state index is 12.6. The van der Waals surface area contributed by atoms with Gasteiger partial charge in [-0.05, 0) is 26.7 Å². The second kappa shape index (κ2) is 6.63. The van der Waals surface area contributed by atoms with E-state index in [2.05, 4.69) is 0 Å². The van der Waals surface area contributed by atoms with Gasteiger partial charge in [-0.25, -0.2) is 0 Å². The Morgan fingerprint density at radius 1 is 1.33 bits per heavy atom. The van der Waals surface area contributed by atoms with Crippen LogP contribution in [0.1, 0.15) is 52.4 Å². The molecule has 1 atom stereocenters. The number of nitrogens with zero attached hydrogens (tertiary/aromatic N) is 1. The van der Waals surface area contributed by atoms with Crippen LogP contribution in [0, 0.1) is 0 Å². The molecule has 5 heteroatoms. The number of hydrogen-bond acceptors (Lipinski definition) is 4. The molecule has 1 N–H and O–H groups in total. The summed E-state index contributed by atoms with van der Waals surface area (Å²) in [6.45, 7) is 5.58. The zero-order valence-corrected chi connectivity index (χ0v) is 13.6. The Morgan fingerprint density at radius 3 is 2.62 bits per heavy atom. The van der Waals surface area contributed by atoms with Crippen molar-refractivity contribution in [1.82, 2.24) is 4.90 Å². The van der Waals surface area contributed by atoms with Crippen molar-refractivity contribution in [2.24, 2.45) is 0 Å². The number of aliphatic hydroxyl groups is 1. The number of hydrogen-bond donors (Lipinski definition) is 1. The molecule has 1 heterocycles. The van der Waals surface area contributed by atoms with Gasteiger partial charge >= 0.3 is 0 Å². The van der Waals surface area contributed by atoms with E-state index in [0.717, 1.165) is 32.1 Å². The second-order valence-corrected chi connectivity index (χ2v) is 7.19. The lowest BCUT2D eigenvalue weighted by molar-refractivity contribution is -0.172. The van der Waals surface area contributed by atoms with Gasteiger partial charge in [0.2, 0.25) is 5.91 Å². The lowest BCUT2D eigenvalue weighted by Gasteiger charge is -2.43. The van der Waals surface area contributed by atoms with E-state index in [0.29, 0.717) is 19.7 Å². The van der Waals surface area contributed by atoms with Crippen molar-refractivity contribution in [1.29, 1.82) is 0 Å². The molecule has 1 saturated heterocycles. The van der Waals surface area contributed by atoms with Crippen LogP contribution in [0.4, 0.5) is 0 Å². The molecule has 5 nitrogen and oxygen atoms in total. The SMILES string of the molecule is COC[C@@H]1CN(C(=O)CC2(O)CCCCC2)CC(C)(C)O1. The number of carbonyl (C=O) groups excluding carboxylic acids is 1. The summed E-state index contributed by atoms with van der Waals surface area (Å²) >= 11 is 0. The zero-order chi connectivity index (χ0) is 15.5. The third-order valence-electron chi connectivity index (χ3n) is 4.45. The van der Waals surface area contributed by atoms with Crippen LogP contribution in [0.3, 0.4) is 0 Å². The fourth-order valence-electron chi connectivity index (χ4n) is 3.54. The van der Waals surface area contributed by atoms with Gasteiger partial charge in [-0.15, -0.1) is 0 Å². The van der Waals surface area contributed by atoms with Gasteiger partial charge in [0.05, 0.1) is 30.3 Å². The van der Waals surface area contributed by atoms with Crippen LogP contribution >= 0.6 is 0 Å². The number of morpholine rings is 1. The Kier molecular flexibility index (Phi) is 5.28. The lowest BCUT2D eigenvalue weighted by Crippen LogP contribution is -2.56. The minimum atomic E-state index is -0.797. The standard InChI is InChI=1S/C16H29NO4/c1-15(2)12-17(10-13(21-15)11-20-3)14(18)9-16(19)7-5-4-6-8-16/h13,19H,4-12H2,1-3H3/t13-/m0/s1. The van der Waals surface area contributed by atoms with Crippen LogP contribution in [0.2, 0.25) is 0 Å². The van der Waals surface area contributed by atoms with Crippen LogP contribution in [0.15, 0.2) is 0 Å². The molecule has 0 spiro atoms. The summed E-state index contributed by atoms with van der Waals surface area (Å²) in [5.74, 6) is 0.0388. The Bertz CT molecular complexity index is 363. The molecule has 0 bridgehead atoms. The summed E-state index contributed by atoms with van der Waals surface area (Å²) in [5.41, 5.74) is -1.17. The van der Waals surface area contributed by atoms with E-state index in [-0.39, 0.29) is 24.0 Å². The maximum atomic E-state index is 12.6. The Morgan fingerprint density at radius 2 is 2.00 bits per heavy atom. The van der Waals surface area contributed by atoms with Crippen molar-refractivity contribution in [2.75, 3.05) is 26.8 Å². The second-order valence-electron chi connectivity index (χ2n) is 7.19. The number of methoxy groups -OCH3 is 1. The summed E-state index contributed by atoms with van der Waals surface area (Å²) in [7, 11) is 1.64. The summed E-state index contributed by atoms with van der Waals surface area (Å²) in [6.07, 6.45) is 4.83. The smallest absolute Gasteiger partial charge is 0.225 e. The minimum Gasteiger partial charge on any atom is -0.389 e. The van der Waals surface area contributed by atoms with E-state index in [1.54, 1.807) is 7.11 Å². The highest BCUT2D eigenvalue weighted by Gasteiger charge is 2.39. The van der Waals surface area contributed by atoms with Gasteiger partial charge in [0.1, 0.15) is 0 Å². The summed E-state index contributed by atoms with van der Waals surface area (Å²) < 4.78 is 11.1. The first-order valence-corrected chi connectivity index (χ1v) is 8.00. The fourth-order valence-corrected chi connectivity index (χ4v) is 3.54. The van der Waals surface area contributed by atoms with Crippen LogP contribution in [0.25, 0.3) is 0 Å². The first kappa shape index (κ1) is 16.7. The van der Waals surface area contributed by atoms with Crippen LogP contribution < -0.4 is 0 Å². The minimum absolute atomic E-state index is 0.0388. The van der Waals surface area contributed by atoms with E-state index in [1.807, 2.05) is 18.7 Å². The Labute approximate surface area is 127 Å². The van der Waals surface area contributed by atoms with Crippen molar-refractivity contribution in [3.8, 4) is 0 Å². The van der Waals surface area contributed by atoms with Crippen LogP contribution in [-0.2, 0) is 14.3 Å². The molecule has 0 aromatic heterocycles. The van der Waals surface area contributed by atoms with Crippen molar-refractivity contribution < 1.29 is 19.4 Å². The van der Waals surface area contributed by atoms with Gasteiger partial charge in [-0.1, -0.05) is 19.3 Å². The van der Waals surface area contributed by atoms with Gasteiger partial charge in [0.15, 0.2) is 0 Å². The molecule has 0 aromatic carbocycles. The van der Waals surface area contributed by atoms with Crippen LogP contribution in [-0.4, -0.2) is 60.0 Å². The van der Waals surface area contributed by atoms with Crippen molar-refractivity contribution in [3.63, 3.8) is 0 Å². The third-order valence-corrected chi connectivity index (χ3v) is 4.45. The molecule has 21 heavy (non-hydrogen) atoms. The lowest BCUT2D eigenvalue weighted by atomic mass is 9.82. The summed E-state index contributed by atoms with van der Waals surface area (Å²) in [5, 5.41) is 10.6. The largest absolute Gasteiger partial charge is 0.389 e. The number of ether oxygens (including phenoxy) is 2. The molecule has 0 radical (unpaired) electrons.